The molecule has 2 nitrogen and oxygen atoms in total. The van der Waals surface area contributed by atoms with Gasteiger partial charge in [0.15, 0.2) is 0 Å². The smallest absolute Gasteiger partial charge is 0.223 e. The van der Waals surface area contributed by atoms with Gasteiger partial charge in [-0.2, -0.15) is 0 Å². The Morgan fingerprint density at radius 1 is 1.29 bits per heavy atom. The Balaban J connectivity index is 1.83. The molecule has 1 amide bonds. The highest BCUT2D eigenvalue weighted by molar-refractivity contribution is 6.30. The van der Waals surface area contributed by atoms with Crippen LogP contribution in [0.25, 0.3) is 0 Å². The van der Waals surface area contributed by atoms with Crippen LogP contribution in [0.3, 0.4) is 0 Å². The molecule has 0 radical (unpaired) electrons. The van der Waals surface area contributed by atoms with E-state index in [2.05, 4.69) is 17.5 Å². The van der Waals surface area contributed by atoms with Crippen LogP contribution in [0, 0.1) is 5.92 Å². The Labute approximate surface area is 107 Å². The Kier molecular flexibility index (Phi) is 4.21. The average Bonchev–Trinajstić information content (AvgIpc) is 2.39. The van der Waals surface area contributed by atoms with Crippen LogP contribution in [0.15, 0.2) is 36.4 Å². The fraction of sp³-hybridized carbons (Fsp3) is 0.357. The van der Waals surface area contributed by atoms with E-state index in [1.165, 1.54) is 0 Å². The lowest BCUT2D eigenvalue weighted by atomic mass is 9.93. The average molecular weight is 250 g/mol. The van der Waals surface area contributed by atoms with Crippen molar-refractivity contribution < 1.29 is 4.79 Å². The molecule has 1 N–H and O–H groups in total. The molecule has 0 saturated heterocycles. The second-order valence-electron chi connectivity index (χ2n) is 4.33. The van der Waals surface area contributed by atoms with Crippen molar-refractivity contribution in [3.63, 3.8) is 0 Å². The molecule has 1 aromatic carbocycles. The largest absolute Gasteiger partial charge is 0.352 e. The van der Waals surface area contributed by atoms with Gasteiger partial charge < -0.3 is 5.32 Å². The van der Waals surface area contributed by atoms with Crippen LogP contribution in [0.5, 0.6) is 0 Å². The van der Waals surface area contributed by atoms with E-state index in [9.17, 15) is 4.79 Å². The number of rotatable bonds is 3. The fourth-order valence-corrected chi connectivity index (χ4v) is 2.09. The highest BCUT2D eigenvalue weighted by Gasteiger charge is 2.17. The topological polar surface area (TPSA) is 29.1 Å². The van der Waals surface area contributed by atoms with Gasteiger partial charge in [-0.15, -0.1) is 0 Å². The van der Waals surface area contributed by atoms with Crippen molar-refractivity contribution >= 4 is 17.5 Å². The van der Waals surface area contributed by atoms with E-state index in [4.69, 9.17) is 11.6 Å². The molecule has 90 valence electrons. The lowest BCUT2D eigenvalue weighted by molar-refractivity contribution is -0.125. The van der Waals surface area contributed by atoms with Crippen molar-refractivity contribution in [3.8, 4) is 0 Å². The molecular formula is C14H16ClNO. The maximum Gasteiger partial charge on any atom is 0.223 e. The molecule has 1 aliphatic carbocycles. The van der Waals surface area contributed by atoms with E-state index in [-0.39, 0.29) is 11.8 Å². The summed E-state index contributed by atoms with van der Waals surface area (Å²) >= 11 is 5.80. The molecule has 1 unspecified atom stereocenters. The van der Waals surface area contributed by atoms with Crippen LogP contribution < -0.4 is 5.32 Å². The van der Waals surface area contributed by atoms with Gasteiger partial charge in [0, 0.05) is 17.5 Å². The summed E-state index contributed by atoms with van der Waals surface area (Å²) in [6.45, 7) is 0.580. The number of allylic oxidation sites excluding steroid dienone is 2. The van der Waals surface area contributed by atoms with Crippen LogP contribution in [0.1, 0.15) is 24.8 Å². The molecule has 2 rings (SSSR count). The first-order valence-electron chi connectivity index (χ1n) is 5.93. The predicted octanol–water partition coefficient (Wildman–Crippen LogP) is 3.31. The maximum absolute atomic E-state index is 11.9. The maximum atomic E-state index is 11.9. The lowest BCUT2D eigenvalue weighted by Gasteiger charge is -2.17. The molecule has 1 aromatic rings. The van der Waals surface area contributed by atoms with E-state index in [0.29, 0.717) is 6.54 Å². The molecule has 0 spiro atoms. The molecule has 1 atom stereocenters. The van der Waals surface area contributed by atoms with Gasteiger partial charge in [-0.1, -0.05) is 35.9 Å². The number of carbonyl (C=O) groups excluding carboxylic acids is 1. The Hall–Kier alpha value is -1.28. The minimum absolute atomic E-state index is 0.146. The van der Waals surface area contributed by atoms with Gasteiger partial charge in [0.25, 0.3) is 0 Å². The zero-order valence-corrected chi connectivity index (χ0v) is 10.4. The number of nitrogens with one attached hydrogen (secondary N) is 1. The normalized spacial score (nSPS) is 19.0. The van der Waals surface area contributed by atoms with Gasteiger partial charge in [-0.25, -0.2) is 0 Å². The van der Waals surface area contributed by atoms with E-state index in [0.717, 1.165) is 29.8 Å². The minimum Gasteiger partial charge on any atom is -0.352 e. The number of hydrogen-bond donors (Lipinski definition) is 1. The van der Waals surface area contributed by atoms with Crippen LogP contribution in [-0.4, -0.2) is 5.91 Å². The van der Waals surface area contributed by atoms with Crippen molar-refractivity contribution in [2.45, 2.75) is 25.8 Å². The molecule has 0 aromatic heterocycles. The minimum atomic E-state index is 0.146. The van der Waals surface area contributed by atoms with E-state index in [1.807, 2.05) is 24.3 Å². The number of halogens is 1. The summed E-state index contributed by atoms with van der Waals surface area (Å²) in [5, 5.41) is 3.69. The standard InChI is InChI=1S/C14H16ClNO/c15-13-8-6-11(7-9-13)10-16-14(17)12-4-2-1-3-5-12/h1-2,6-9,12H,3-5,10H2,(H,16,17). The molecule has 1 aliphatic rings. The zero-order chi connectivity index (χ0) is 12.1. The number of amides is 1. The zero-order valence-electron chi connectivity index (χ0n) is 9.66. The third-order valence-electron chi connectivity index (χ3n) is 3.02. The summed E-state index contributed by atoms with van der Waals surface area (Å²) in [7, 11) is 0. The van der Waals surface area contributed by atoms with Gasteiger partial charge >= 0.3 is 0 Å². The second kappa shape index (κ2) is 5.87. The molecule has 0 aliphatic heterocycles. The van der Waals surface area contributed by atoms with Crippen LogP contribution in [0.2, 0.25) is 5.02 Å². The molecular weight excluding hydrogens is 234 g/mol. The molecule has 0 bridgehead atoms. The highest BCUT2D eigenvalue weighted by atomic mass is 35.5. The molecule has 0 heterocycles. The van der Waals surface area contributed by atoms with E-state index in [1.54, 1.807) is 0 Å². The Morgan fingerprint density at radius 3 is 2.71 bits per heavy atom. The fourth-order valence-electron chi connectivity index (χ4n) is 1.97. The predicted molar refractivity (Wildman–Crippen MR) is 69.8 cm³/mol. The van der Waals surface area contributed by atoms with E-state index >= 15 is 0 Å². The van der Waals surface area contributed by atoms with Crippen LogP contribution >= 0.6 is 11.6 Å². The van der Waals surface area contributed by atoms with Crippen molar-refractivity contribution in [3.05, 3.63) is 47.0 Å². The quantitative estimate of drug-likeness (QED) is 0.819. The number of carbonyl (C=O) groups is 1. The van der Waals surface area contributed by atoms with Gasteiger partial charge in [0.2, 0.25) is 5.91 Å². The SMILES string of the molecule is O=C(NCc1ccc(Cl)cc1)C1CC=CCC1. The summed E-state index contributed by atoms with van der Waals surface area (Å²) in [6, 6.07) is 7.55. The summed E-state index contributed by atoms with van der Waals surface area (Å²) in [4.78, 5) is 11.9. The van der Waals surface area contributed by atoms with Gasteiger partial charge in [0.05, 0.1) is 0 Å². The molecule has 0 saturated carbocycles. The Bertz CT molecular complexity index is 411. The van der Waals surface area contributed by atoms with E-state index < -0.39 is 0 Å². The first-order chi connectivity index (χ1) is 8.25. The van der Waals surface area contributed by atoms with Crippen molar-refractivity contribution in [2.24, 2.45) is 5.92 Å². The number of benzene rings is 1. The Morgan fingerprint density at radius 2 is 2.06 bits per heavy atom. The molecule has 3 heteroatoms. The molecule has 0 fully saturated rings. The third-order valence-corrected chi connectivity index (χ3v) is 3.27. The molecule has 17 heavy (non-hydrogen) atoms. The summed E-state index contributed by atoms with van der Waals surface area (Å²) in [5.41, 5.74) is 1.08. The number of hydrogen-bond acceptors (Lipinski definition) is 1. The van der Waals surface area contributed by atoms with Gasteiger partial charge in [0.1, 0.15) is 0 Å². The summed E-state index contributed by atoms with van der Waals surface area (Å²) < 4.78 is 0. The van der Waals surface area contributed by atoms with Crippen LogP contribution in [0.4, 0.5) is 0 Å². The first kappa shape index (κ1) is 12.2. The highest BCUT2D eigenvalue weighted by Crippen LogP contribution is 2.18. The monoisotopic (exact) mass is 249 g/mol. The van der Waals surface area contributed by atoms with Crippen molar-refractivity contribution in [2.75, 3.05) is 0 Å². The second-order valence-corrected chi connectivity index (χ2v) is 4.76. The summed E-state index contributed by atoms with van der Waals surface area (Å²) in [6.07, 6.45) is 7.08. The van der Waals surface area contributed by atoms with Gasteiger partial charge in [-0.05, 0) is 37.0 Å². The lowest BCUT2D eigenvalue weighted by Crippen LogP contribution is -2.30. The van der Waals surface area contributed by atoms with Gasteiger partial charge in [-0.3, -0.25) is 4.79 Å². The van der Waals surface area contributed by atoms with Crippen molar-refractivity contribution in [1.29, 1.82) is 0 Å². The summed E-state index contributed by atoms with van der Waals surface area (Å²) in [5.74, 6) is 0.302. The van der Waals surface area contributed by atoms with Crippen LogP contribution in [-0.2, 0) is 11.3 Å². The first-order valence-corrected chi connectivity index (χ1v) is 6.30. The van der Waals surface area contributed by atoms with Crippen molar-refractivity contribution in [1.82, 2.24) is 5.32 Å². The third kappa shape index (κ3) is 3.60.